The second-order valence-corrected chi connectivity index (χ2v) is 8.38. The van der Waals surface area contributed by atoms with Crippen LogP contribution < -0.4 is 0 Å². The lowest BCUT2D eigenvalue weighted by molar-refractivity contribution is 0.0339. The maximum Gasteiger partial charge on any atom is 0.341 e. The fraction of sp³-hybridized carbons (Fsp3) is 0.286. The van der Waals surface area contributed by atoms with Crippen molar-refractivity contribution in [1.82, 2.24) is 4.98 Å². The van der Waals surface area contributed by atoms with Crippen LogP contribution >= 0.6 is 0 Å². The quantitative estimate of drug-likeness (QED) is 0.479. The summed E-state index contributed by atoms with van der Waals surface area (Å²) in [5, 5.41) is 0.750. The molecule has 0 spiro atoms. The van der Waals surface area contributed by atoms with Crippen molar-refractivity contribution in [1.29, 1.82) is 0 Å². The zero-order valence-electron chi connectivity index (χ0n) is 16.1. The summed E-state index contributed by atoms with van der Waals surface area (Å²) in [4.78, 5) is 16.0. The summed E-state index contributed by atoms with van der Waals surface area (Å²) in [6.45, 7) is 3.72. The Kier molecular flexibility index (Phi) is 5.86. The van der Waals surface area contributed by atoms with Gasteiger partial charge in [-0.1, -0.05) is 36.4 Å². The van der Waals surface area contributed by atoms with Crippen molar-refractivity contribution in [2.24, 2.45) is 0 Å². The third-order valence-electron chi connectivity index (χ3n) is 4.50. The topological polar surface area (TPSA) is 85.5 Å². The maximum absolute atomic E-state index is 12.8. The summed E-state index contributed by atoms with van der Waals surface area (Å²) < 4.78 is 32.7. The van der Waals surface area contributed by atoms with Crippen molar-refractivity contribution < 1.29 is 22.1 Å². The number of rotatable bonds is 7. The highest BCUT2D eigenvalue weighted by molar-refractivity contribution is 7.85. The number of esters is 1. The van der Waals surface area contributed by atoms with Crippen molar-refractivity contribution in [2.45, 2.75) is 26.4 Å². The molecule has 2 aromatic carbocycles. The number of aryl methyl sites for hydroxylation is 1. The van der Waals surface area contributed by atoms with Gasteiger partial charge in [0.1, 0.15) is 6.10 Å². The Bertz CT molecular complexity index is 1090. The van der Waals surface area contributed by atoms with E-state index in [0.717, 1.165) is 34.0 Å². The number of hydrogen-bond acceptors (Lipinski definition) is 5. The van der Waals surface area contributed by atoms with E-state index in [1.165, 1.54) is 0 Å². The van der Waals surface area contributed by atoms with Crippen LogP contribution in [0.5, 0.6) is 0 Å². The fourth-order valence-corrected chi connectivity index (χ4v) is 3.50. The van der Waals surface area contributed by atoms with Gasteiger partial charge in [-0.25, -0.2) is 4.79 Å². The highest BCUT2D eigenvalue weighted by Gasteiger charge is 2.20. The van der Waals surface area contributed by atoms with Gasteiger partial charge < -0.3 is 9.72 Å². The van der Waals surface area contributed by atoms with Gasteiger partial charge in [0.2, 0.25) is 0 Å². The molecule has 0 saturated carbocycles. The minimum absolute atomic E-state index is 0.0541. The Morgan fingerprint density at radius 1 is 1.14 bits per heavy atom. The Morgan fingerprint density at radius 3 is 2.54 bits per heavy atom. The lowest BCUT2D eigenvalue weighted by Crippen LogP contribution is -2.10. The molecule has 1 atom stereocenters. The van der Waals surface area contributed by atoms with Crippen LogP contribution in [0.4, 0.5) is 0 Å². The number of nitrogens with one attached hydrogen (secondary N) is 1. The van der Waals surface area contributed by atoms with Crippen LogP contribution in [0.25, 0.3) is 10.9 Å². The third kappa shape index (κ3) is 4.79. The molecule has 3 aromatic rings. The van der Waals surface area contributed by atoms with Gasteiger partial charge in [-0.05, 0) is 43.5 Å². The molecule has 28 heavy (non-hydrogen) atoms. The summed E-state index contributed by atoms with van der Waals surface area (Å²) in [5.74, 6) is -0.398. The van der Waals surface area contributed by atoms with Gasteiger partial charge >= 0.3 is 5.97 Å². The van der Waals surface area contributed by atoms with E-state index < -0.39 is 16.1 Å². The van der Waals surface area contributed by atoms with E-state index in [0.29, 0.717) is 12.0 Å². The summed E-state index contributed by atoms with van der Waals surface area (Å²) in [5.41, 5.74) is 3.84. The van der Waals surface area contributed by atoms with E-state index in [9.17, 15) is 13.2 Å². The van der Waals surface area contributed by atoms with Gasteiger partial charge in [-0.2, -0.15) is 8.42 Å². The Morgan fingerprint density at radius 2 is 1.86 bits per heavy atom. The number of fused-ring (bicyclic) bond motifs is 1. The molecule has 1 N–H and O–H groups in total. The summed E-state index contributed by atoms with van der Waals surface area (Å²) in [6.07, 6.45) is 1.07. The molecular weight excluding hydrogens is 378 g/mol. The van der Waals surface area contributed by atoms with Crippen LogP contribution in [0.2, 0.25) is 0 Å². The second kappa shape index (κ2) is 8.16. The van der Waals surface area contributed by atoms with Crippen LogP contribution in [0.1, 0.15) is 40.2 Å². The average molecular weight is 401 g/mol. The van der Waals surface area contributed by atoms with Gasteiger partial charge in [-0.3, -0.25) is 4.18 Å². The highest BCUT2D eigenvalue weighted by atomic mass is 32.2. The number of aromatic nitrogens is 1. The van der Waals surface area contributed by atoms with E-state index in [4.69, 9.17) is 8.92 Å². The Labute approximate surface area is 164 Å². The van der Waals surface area contributed by atoms with Gasteiger partial charge in [0.25, 0.3) is 10.1 Å². The number of benzene rings is 2. The summed E-state index contributed by atoms with van der Waals surface area (Å²) in [7, 11) is -3.47. The van der Waals surface area contributed by atoms with Crippen molar-refractivity contribution in [3.05, 3.63) is 70.9 Å². The van der Waals surface area contributed by atoms with Gasteiger partial charge in [-0.15, -0.1) is 0 Å². The first-order chi connectivity index (χ1) is 13.2. The summed E-state index contributed by atoms with van der Waals surface area (Å²) >= 11 is 0. The second-order valence-electron chi connectivity index (χ2n) is 6.74. The molecule has 0 saturated heterocycles. The molecule has 0 amide bonds. The normalized spacial score (nSPS) is 12.8. The van der Waals surface area contributed by atoms with Gasteiger partial charge in [0.15, 0.2) is 0 Å². The molecule has 1 aromatic heterocycles. The number of carbonyl (C=O) groups is 1. The first-order valence-corrected chi connectivity index (χ1v) is 10.8. The third-order valence-corrected chi connectivity index (χ3v) is 5.09. The fourth-order valence-electron chi connectivity index (χ4n) is 3.11. The largest absolute Gasteiger partial charge is 0.454 e. The number of aromatic amines is 1. The summed E-state index contributed by atoms with van der Waals surface area (Å²) in [6, 6.07) is 15.2. The standard InChI is InChI=1S/C21H23NO5S/c1-14-20(21(23)27-15(2)17-7-5-4-6-8-17)18-13-16(9-10-19(18)22-14)11-12-26-28(3,24)25/h4-10,13,15,22H,11-12H2,1-3H3. The highest BCUT2D eigenvalue weighted by Crippen LogP contribution is 2.27. The van der Waals surface area contributed by atoms with E-state index in [1.807, 2.05) is 62.4 Å². The van der Waals surface area contributed by atoms with Crippen LogP contribution in [0, 0.1) is 6.92 Å². The van der Waals surface area contributed by atoms with Crippen molar-refractivity contribution in [2.75, 3.05) is 12.9 Å². The Hall–Kier alpha value is -2.64. The lowest BCUT2D eigenvalue weighted by Gasteiger charge is -2.13. The SMILES string of the molecule is Cc1[nH]c2ccc(CCOS(C)(=O)=O)cc2c1C(=O)OC(C)c1ccccc1. The zero-order chi connectivity index (χ0) is 20.3. The van der Waals surface area contributed by atoms with Crippen LogP contribution in [0.3, 0.4) is 0 Å². The van der Waals surface area contributed by atoms with Gasteiger partial charge in [0, 0.05) is 16.6 Å². The molecule has 6 nitrogen and oxygen atoms in total. The number of hydrogen-bond donors (Lipinski definition) is 1. The molecule has 7 heteroatoms. The predicted octanol–water partition coefficient (Wildman–Crippen LogP) is 3.91. The molecule has 0 radical (unpaired) electrons. The maximum atomic E-state index is 12.8. The number of H-pyrrole nitrogens is 1. The van der Waals surface area contributed by atoms with E-state index >= 15 is 0 Å². The van der Waals surface area contributed by atoms with Crippen LogP contribution in [0.15, 0.2) is 48.5 Å². The molecular formula is C21H23NO5S. The lowest BCUT2D eigenvalue weighted by atomic mass is 10.1. The van der Waals surface area contributed by atoms with E-state index in [-0.39, 0.29) is 12.7 Å². The number of ether oxygens (including phenoxy) is 1. The molecule has 1 heterocycles. The molecule has 0 fully saturated rings. The zero-order valence-corrected chi connectivity index (χ0v) is 16.9. The predicted molar refractivity (Wildman–Crippen MR) is 108 cm³/mol. The molecule has 0 bridgehead atoms. The van der Waals surface area contributed by atoms with Crippen molar-refractivity contribution in [3.63, 3.8) is 0 Å². The van der Waals surface area contributed by atoms with E-state index in [2.05, 4.69) is 4.98 Å². The minimum Gasteiger partial charge on any atom is -0.454 e. The smallest absolute Gasteiger partial charge is 0.341 e. The van der Waals surface area contributed by atoms with Crippen molar-refractivity contribution in [3.8, 4) is 0 Å². The van der Waals surface area contributed by atoms with E-state index in [1.54, 1.807) is 0 Å². The van der Waals surface area contributed by atoms with Crippen LogP contribution in [-0.2, 0) is 25.5 Å². The molecule has 3 rings (SSSR count). The van der Waals surface area contributed by atoms with Gasteiger partial charge in [0.05, 0.1) is 18.4 Å². The Balaban J connectivity index is 1.82. The van der Waals surface area contributed by atoms with Crippen LogP contribution in [-0.4, -0.2) is 32.2 Å². The average Bonchev–Trinajstić information content (AvgIpc) is 2.96. The first kappa shape index (κ1) is 20.1. The first-order valence-electron chi connectivity index (χ1n) is 8.96. The van der Waals surface area contributed by atoms with Crippen molar-refractivity contribution >= 4 is 27.0 Å². The molecule has 0 aliphatic heterocycles. The number of carbonyl (C=O) groups excluding carboxylic acids is 1. The minimum atomic E-state index is -3.47. The molecule has 1 unspecified atom stereocenters. The molecule has 0 aliphatic rings. The molecule has 0 aliphatic carbocycles. The monoisotopic (exact) mass is 401 g/mol. The molecule has 148 valence electrons.